The maximum Gasteiger partial charge on any atom is 0.335 e. The SMILES string of the molecule is CC1(NCC(=O)N2C(C#N)CCC2C#N)CCN(c2cc(C(=O)O)ccn2)CC1. The fourth-order valence-corrected chi connectivity index (χ4v) is 3.92. The minimum atomic E-state index is -0.982. The van der Waals surface area contributed by atoms with Gasteiger partial charge in [0, 0.05) is 24.8 Å². The average molecular weight is 396 g/mol. The molecule has 1 aromatic heterocycles. The summed E-state index contributed by atoms with van der Waals surface area (Å²) in [5, 5.41) is 30.9. The van der Waals surface area contributed by atoms with E-state index in [1.165, 1.54) is 17.2 Å². The number of amides is 1. The number of nitrogens with zero attached hydrogens (tertiary/aromatic N) is 5. The van der Waals surface area contributed by atoms with E-state index in [2.05, 4.69) is 22.4 Å². The summed E-state index contributed by atoms with van der Waals surface area (Å²) < 4.78 is 0. The van der Waals surface area contributed by atoms with Gasteiger partial charge in [0.15, 0.2) is 0 Å². The second-order valence-corrected chi connectivity index (χ2v) is 7.78. The summed E-state index contributed by atoms with van der Waals surface area (Å²) in [6.07, 6.45) is 4.08. The van der Waals surface area contributed by atoms with Crippen LogP contribution in [0, 0.1) is 22.7 Å². The number of rotatable bonds is 5. The van der Waals surface area contributed by atoms with Gasteiger partial charge in [-0.2, -0.15) is 10.5 Å². The molecule has 2 aliphatic rings. The molecule has 2 aliphatic heterocycles. The van der Waals surface area contributed by atoms with E-state index in [-0.39, 0.29) is 23.6 Å². The van der Waals surface area contributed by atoms with Gasteiger partial charge in [0.25, 0.3) is 0 Å². The van der Waals surface area contributed by atoms with Crippen molar-refractivity contribution < 1.29 is 14.7 Å². The maximum absolute atomic E-state index is 12.6. The van der Waals surface area contributed by atoms with Crippen LogP contribution in [0.2, 0.25) is 0 Å². The highest BCUT2D eigenvalue weighted by Gasteiger charge is 2.38. The van der Waals surface area contributed by atoms with Crippen LogP contribution in [-0.4, -0.2) is 64.1 Å². The number of anilines is 1. The second-order valence-electron chi connectivity index (χ2n) is 7.78. The standard InChI is InChI=1S/C20H24N6O3/c1-20(24-13-18(27)26-15(11-21)2-3-16(26)12-22)5-8-25(9-6-20)17-10-14(19(28)29)4-7-23-17/h4,7,10,15-16,24H,2-3,5-6,8-9,13H2,1H3,(H,28,29). The number of carboxylic acids is 1. The fourth-order valence-electron chi connectivity index (χ4n) is 3.92. The van der Waals surface area contributed by atoms with Crippen LogP contribution in [0.1, 0.15) is 43.0 Å². The first-order chi connectivity index (χ1) is 13.9. The number of nitriles is 2. The average Bonchev–Trinajstić information content (AvgIpc) is 3.16. The molecular weight excluding hydrogens is 372 g/mol. The third-order valence-corrected chi connectivity index (χ3v) is 5.82. The number of hydrogen-bond donors (Lipinski definition) is 2. The van der Waals surface area contributed by atoms with Crippen LogP contribution in [0.4, 0.5) is 5.82 Å². The molecule has 9 nitrogen and oxygen atoms in total. The second kappa shape index (κ2) is 8.46. The molecule has 2 unspecified atom stereocenters. The lowest BCUT2D eigenvalue weighted by molar-refractivity contribution is -0.131. The first-order valence-corrected chi connectivity index (χ1v) is 9.66. The Morgan fingerprint density at radius 3 is 2.45 bits per heavy atom. The molecular formula is C20H24N6O3. The number of piperidine rings is 1. The molecule has 152 valence electrons. The summed E-state index contributed by atoms with van der Waals surface area (Å²) in [5.74, 6) is -0.571. The molecule has 1 aromatic rings. The van der Waals surface area contributed by atoms with Crippen LogP contribution >= 0.6 is 0 Å². The zero-order valence-corrected chi connectivity index (χ0v) is 16.3. The van der Waals surface area contributed by atoms with E-state index in [4.69, 9.17) is 5.11 Å². The molecule has 0 aliphatic carbocycles. The molecule has 9 heteroatoms. The third kappa shape index (κ3) is 4.47. The molecule has 1 amide bonds. The Hall–Kier alpha value is -3.17. The van der Waals surface area contributed by atoms with E-state index in [1.807, 2.05) is 11.8 Å². The predicted molar refractivity (Wildman–Crippen MR) is 104 cm³/mol. The van der Waals surface area contributed by atoms with Crippen molar-refractivity contribution in [1.82, 2.24) is 15.2 Å². The molecule has 2 N–H and O–H groups in total. The van der Waals surface area contributed by atoms with E-state index in [9.17, 15) is 20.1 Å². The molecule has 0 bridgehead atoms. The van der Waals surface area contributed by atoms with E-state index < -0.39 is 18.1 Å². The van der Waals surface area contributed by atoms with Crippen LogP contribution in [0.3, 0.4) is 0 Å². The smallest absolute Gasteiger partial charge is 0.335 e. The van der Waals surface area contributed by atoms with Crippen molar-refractivity contribution in [3.63, 3.8) is 0 Å². The summed E-state index contributed by atoms with van der Waals surface area (Å²) >= 11 is 0. The number of carboxylic acid groups (broad SMARTS) is 1. The Balaban J connectivity index is 1.56. The monoisotopic (exact) mass is 396 g/mol. The molecule has 3 heterocycles. The van der Waals surface area contributed by atoms with Crippen molar-refractivity contribution in [2.45, 2.75) is 50.2 Å². The molecule has 2 saturated heterocycles. The number of likely N-dealkylation sites (tertiary alicyclic amines) is 1. The summed E-state index contributed by atoms with van der Waals surface area (Å²) in [6, 6.07) is 6.20. The largest absolute Gasteiger partial charge is 0.478 e. The van der Waals surface area contributed by atoms with Crippen LogP contribution in [0.25, 0.3) is 0 Å². The number of pyridine rings is 1. The molecule has 2 atom stereocenters. The van der Waals surface area contributed by atoms with Gasteiger partial charge in [-0.05, 0) is 44.7 Å². The minimum absolute atomic E-state index is 0.0829. The van der Waals surface area contributed by atoms with Crippen molar-refractivity contribution in [2.75, 3.05) is 24.5 Å². The van der Waals surface area contributed by atoms with E-state index in [0.717, 1.165) is 12.8 Å². The van der Waals surface area contributed by atoms with Crippen LogP contribution in [0.15, 0.2) is 18.3 Å². The number of nitrogens with one attached hydrogen (secondary N) is 1. The molecule has 0 spiro atoms. The van der Waals surface area contributed by atoms with Crippen molar-refractivity contribution in [3.05, 3.63) is 23.9 Å². The molecule has 2 fully saturated rings. The topological polar surface area (TPSA) is 133 Å². The molecule has 0 aromatic carbocycles. The number of aromatic carboxylic acids is 1. The van der Waals surface area contributed by atoms with Crippen molar-refractivity contribution >= 4 is 17.7 Å². The van der Waals surface area contributed by atoms with Gasteiger partial charge in [0.2, 0.25) is 5.91 Å². The Kier molecular flexibility index (Phi) is 6.00. The van der Waals surface area contributed by atoms with Gasteiger partial charge in [-0.15, -0.1) is 0 Å². The summed E-state index contributed by atoms with van der Waals surface area (Å²) in [4.78, 5) is 31.5. The Bertz CT molecular complexity index is 844. The minimum Gasteiger partial charge on any atom is -0.478 e. The Labute approximate surface area is 169 Å². The fraction of sp³-hybridized carbons (Fsp3) is 0.550. The third-order valence-electron chi connectivity index (χ3n) is 5.82. The van der Waals surface area contributed by atoms with Gasteiger partial charge in [0.05, 0.1) is 24.2 Å². The lowest BCUT2D eigenvalue weighted by Gasteiger charge is -2.41. The number of carbonyl (C=O) groups excluding carboxylic acids is 1. The summed E-state index contributed by atoms with van der Waals surface area (Å²) in [6.45, 7) is 3.49. The lowest BCUT2D eigenvalue weighted by Crippen LogP contribution is -2.55. The van der Waals surface area contributed by atoms with Gasteiger partial charge < -0.3 is 20.2 Å². The van der Waals surface area contributed by atoms with Crippen LogP contribution < -0.4 is 10.2 Å². The van der Waals surface area contributed by atoms with Gasteiger partial charge in [-0.25, -0.2) is 9.78 Å². The molecule has 0 radical (unpaired) electrons. The van der Waals surface area contributed by atoms with Crippen molar-refractivity contribution in [3.8, 4) is 12.1 Å². The zero-order valence-electron chi connectivity index (χ0n) is 16.3. The number of aromatic nitrogens is 1. The highest BCUT2D eigenvalue weighted by atomic mass is 16.4. The molecule has 0 saturated carbocycles. The quantitative estimate of drug-likeness (QED) is 0.757. The van der Waals surface area contributed by atoms with Gasteiger partial charge >= 0.3 is 5.97 Å². The maximum atomic E-state index is 12.6. The molecule has 29 heavy (non-hydrogen) atoms. The van der Waals surface area contributed by atoms with Crippen molar-refractivity contribution in [2.24, 2.45) is 0 Å². The normalized spacial score (nSPS) is 23.3. The first-order valence-electron chi connectivity index (χ1n) is 9.66. The lowest BCUT2D eigenvalue weighted by atomic mass is 9.89. The van der Waals surface area contributed by atoms with Gasteiger partial charge in [0.1, 0.15) is 17.9 Å². The van der Waals surface area contributed by atoms with Crippen LogP contribution in [0.5, 0.6) is 0 Å². The Morgan fingerprint density at radius 1 is 1.28 bits per heavy atom. The highest BCUT2D eigenvalue weighted by Crippen LogP contribution is 2.27. The Morgan fingerprint density at radius 2 is 1.90 bits per heavy atom. The molecule has 3 rings (SSSR count). The van der Waals surface area contributed by atoms with E-state index in [0.29, 0.717) is 31.7 Å². The van der Waals surface area contributed by atoms with Crippen LogP contribution in [-0.2, 0) is 4.79 Å². The predicted octanol–water partition coefficient (Wildman–Crippen LogP) is 1.14. The van der Waals surface area contributed by atoms with Gasteiger partial charge in [-0.1, -0.05) is 0 Å². The van der Waals surface area contributed by atoms with Gasteiger partial charge in [-0.3, -0.25) is 4.79 Å². The number of hydrogen-bond acceptors (Lipinski definition) is 7. The van der Waals surface area contributed by atoms with E-state index >= 15 is 0 Å². The highest BCUT2D eigenvalue weighted by molar-refractivity contribution is 5.88. The number of carbonyl (C=O) groups is 2. The summed E-state index contributed by atoms with van der Waals surface area (Å²) in [7, 11) is 0. The first kappa shape index (κ1) is 20.6. The summed E-state index contributed by atoms with van der Waals surface area (Å²) in [5.41, 5.74) is -0.0580. The zero-order chi connectivity index (χ0) is 21.0. The van der Waals surface area contributed by atoms with E-state index in [1.54, 1.807) is 6.07 Å². The van der Waals surface area contributed by atoms with Crippen molar-refractivity contribution in [1.29, 1.82) is 10.5 Å².